The van der Waals surface area contributed by atoms with E-state index in [1.54, 1.807) is 18.4 Å². The Labute approximate surface area is 127 Å². The van der Waals surface area contributed by atoms with Gasteiger partial charge in [-0.2, -0.15) is 4.98 Å². The molecule has 2 heterocycles. The van der Waals surface area contributed by atoms with E-state index in [4.69, 9.17) is 4.74 Å². The van der Waals surface area contributed by atoms with Crippen LogP contribution in [0, 0.1) is 0 Å². The number of thiophene rings is 1. The van der Waals surface area contributed by atoms with Crippen LogP contribution in [0.2, 0.25) is 0 Å². The Morgan fingerprint density at radius 2 is 1.90 bits per heavy atom. The predicted molar refractivity (Wildman–Crippen MR) is 88.0 cm³/mol. The van der Waals surface area contributed by atoms with Gasteiger partial charge in [0, 0.05) is 19.8 Å². The van der Waals surface area contributed by atoms with Crippen LogP contribution in [-0.2, 0) is 0 Å². The zero-order valence-electron chi connectivity index (χ0n) is 12.1. The number of nitrogens with one attached hydrogen (secondary N) is 1. The van der Waals surface area contributed by atoms with Crippen molar-refractivity contribution >= 4 is 39.0 Å². The molecule has 3 rings (SSSR count). The van der Waals surface area contributed by atoms with E-state index in [-0.39, 0.29) is 0 Å². The van der Waals surface area contributed by atoms with Gasteiger partial charge in [-0.25, -0.2) is 4.98 Å². The van der Waals surface area contributed by atoms with Gasteiger partial charge in [-0.3, -0.25) is 0 Å². The molecule has 6 heteroatoms. The van der Waals surface area contributed by atoms with Crippen LogP contribution < -0.4 is 15.0 Å². The van der Waals surface area contributed by atoms with Crippen molar-refractivity contribution in [2.75, 3.05) is 31.4 Å². The number of fused-ring (bicyclic) bond motifs is 1. The van der Waals surface area contributed by atoms with Crippen molar-refractivity contribution in [1.82, 2.24) is 9.97 Å². The lowest BCUT2D eigenvalue weighted by Crippen LogP contribution is -2.13. The maximum absolute atomic E-state index is 5.20. The maximum atomic E-state index is 5.20. The average molecular weight is 300 g/mol. The molecule has 5 nitrogen and oxygen atoms in total. The molecule has 0 saturated carbocycles. The van der Waals surface area contributed by atoms with Gasteiger partial charge in [-0.15, -0.1) is 11.3 Å². The first-order valence-electron chi connectivity index (χ1n) is 6.53. The van der Waals surface area contributed by atoms with E-state index in [1.807, 2.05) is 43.7 Å². The summed E-state index contributed by atoms with van der Waals surface area (Å²) in [6, 6.07) is 9.96. The van der Waals surface area contributed by atoms with Gasteiger partial charge < -0.3 is 15.0 Å². The average Bonchev–Trinajstić information content (AvgIpc) is 3.01. The van der Waals surface area contributed by atoms with Gasteiger partial charge in [0.05, 0.1) is 12.5 Å². The third kappa shape index (κ3) is 2.50. The van der Waals surface area contributed by atoms with Gasteiger partial charge in [0.2, 0.25) is 5.95 Å². The molecule has 0 aliphatic heterocycles. The van der Waals surface area contributed by atoms with Crippen molar-refractivity contribution in [3.8, 4) is 5.75 Å². The molecule has 0 bridgehead atoms. The predicted octanol–water partition coefficient (Wildman–Crippen LogP) is 3.51. The van der Waals surface area contributed by atoms with Crippen LogP contribution >= 0.6 is 11.3 Å². The van der Waals surface area contributed by atoms with E-state index in [9.17, 15) is 0 Å². The molecule has 0 radical (unpaired) electrons. The molecule has 0 fully saturated rings. The van der Waals surface area contributed by atoms with Gasteiger partial charge in [0.15, 0.2) is 0 Å². The summed E-state index contributed by atoms with van der Waals surface area (Å²) in [5.41, 5.74) is 1.05. The summed E-state index contributed by atoms with van der Waals surface area (Å²) in [5, 5.41) is 6.10. The van der Waals surface area contributed by atoms with Gasteiger partial charge >= 0.3 is 0 Å². The molecule has 0 amide bonds. The highest BCUT2D eigenvalue weighted by Gasteiger charge is 2.13. The monoisotopic (exact) mass is 300 g/mol. The molecular weight excluding hydrogens is 284 g/mol. The summed E-state index contributed by atoms with van der Waals surface area (Å²) in [5.74, 6) is 2.35. The fraction of sp³-hybridized carbons (Fsp3) is 0.200. The normalized spacial score (nSPS) is 10.6. The minimum absolute atomic E-state index is 0.625. The van der Waals surface area contributed by atoms with Crippen molar-refractivity contribution in [2.45, 2.75) is 0 Å². The highest BCUT2D eigenvalue weighted by molar-refractivity contribution is 7.16. The Kier molecular flexibility index (Phi) is 3.62. The minimum Gasteiger partial charge on any atom is -0.497 e. The standard InChI is InChI=1S/C15H16N4OS/c1-16-15-17-13(12-8-9-21-14(12)18-15)19(2)10-4-6-11(20-3)7-5-10/h4-9H,1-3H3,(H,16,17,18). The summed E-state index contributed by atoms with van der Waals surface area (Å²) in [6.45, 7) is 0. The number of hydrogen-bond donors (Lipinski definition) is 1. The van der Waals surface area contributed by atoms with E-state index in [0.29, 0.717) is 5.95 Å². The van der Waals surface area contributed by atoms with Gasteiger partial charge in [-0.05, 0) is 35.7 Å². The fourth-order valence-electron chi connectivity index (χ4n) is 2.14. The van der Waals surface area contributed by atoms with Gasteiger partial charge in [0.1, 0.15) is 16.4 Å². The molecule has 3 aromatic rings. The molecule has 0 aliphatic carbocycles. The molecule has 108 valence electrons. The van der Waals surface area contributed by atoms with E-state index >= 15 is 0 Å². The lowest BCUT2D eigenvalue weighted by molar-refractivity contribution is 0.415. The molecule has 0 spiro atoms. The summed E-state index contributed by atoms with van der Waals surface area (Å²) < 4.78 is 5.20. The zero-order chi connectivity index (χ0) is 14.8. The van der Waals surface area contributed by atoms with E-state index < -0.39 is 0 Å². The van der Waals surface area contributed by atoms with Crippen LogP contribution in [0.25, 0.3) is 10.2 Å². The number of anilines is 3. The summed E-state index contributed by atoms with van der Waals surface area (Å²) in [6.07, 6.45) is 0. The first kappa shape index (κ1) is 13.6. The minimum atomic E-state index is 0.625. The molecule has 1 N–H and O–H groups in total. The number of ether oxygens (including phenoxy) is 1. The van der Waals surface area contributed by atoms with E-state index in [0.717, 1.165) is 27.5 Å². The molecule has 21 heavy (non-hydrogen) atoms. The molecule has 1 aromatic carbocycles. The van der Waals surface area contributed by atoms with Crippen molar-refractivity contribution in [1.29, 1.82) is 0 Å². The smallest absolute Gasteiger partial charge is 0.225 e. The van der Waals surface area contributed by atoms with Crippen LogP contribution in [0.5, 0.6) is 5.75 Å². The molecule has 2 aromatic heterocycles. The fourth-order valence-corrected chi connectivity index (χ4v) is 2.89. The summed E-state index contributed by atoms with van der Waals surface area (Å²) in [7, 11) is 5.49. The van der Waals surface area contributed by atoms with Crippen LogP contribution in [0.4, 0.5) is 17.5 Å². The van der Waals surface area contributed by atoms with Crippen LogP contribution in [0.15, 0.2) is 35.7 Å². The van der Waals surface area contributed by atoms with Crippen molar-refractivity contribution in [3.63, 3.8) is 0 Å². The van der Waals surface area contributed by atoms with Gasteiger partial charge in [-0.1, -0.05) is 0 Å². The van der Waals surface area contributed by atoms with Crippen LogP contribution in [0.3, 0.4) is 0 Å². The second-order valence-electron chi connectivity index (χ2n) is 4.52. The molecule has 0 atom stereocenters. The van der Waals surface area contributed by atoms with Crippen molar-refractivity contribution in [3.05, 3.63) is 35.7 Å². The highest BCUT2D eigenvalue weighted by Crippen LogP contribution is 2.32. The first-order chi connectivity index (χ1) is 10.2. The highest BCUT2D eigenvalue weighted by atomic mass is 32.1. The van der Waals surface area contributed by atoms with Gasteiger partial charge in [0.25, 0.3) is 0 Å². The Balaban J connectivity index is 2.07. The van der Waals surface area contributed by atoms with E-state index in [2.05, 4.69) is 26.3 Å². The van der Waals surface area contributed by atoms with Crippen molar-refractivity contribution in [2.24, 2.45) is 0 Å². The number of rotatable bonds is 4. The number of aromatic nitrogens is 2. The zero-order valence-corrected chi connectivity index (χ0v) is 12.9. The lowest BCUT2D eigenvalue weighted by Gasteiger charge is -2.20. The van der Waals surface area contributed by atoms with Crippen LogP contribution in [0.1, 0.15) is 0 Å². The quantitative estimate of drug-likeness (QED) is 0.799. The molecular formula is C15H16N4OS. The van der Waals surface area contributed by atoms with Crippen molar-refractivity contribution < 1.29 is 4.74 Å². The third-order valence-electron chi connectivity index (χ3n) is 3.31. The number of methoxy groups -OCH3 is 1. The lowest BCUT2D eigenvalue weighted by atomic mass is 10.2. The Bertz CT molecular complexity index is 754. The molecule has 0 aliphatic rings. The number of nitrogens with zero attached hydrogens (tertiary/aromatic N) is 3. The SMILES string of the molecule is CNc1nc(N(C)c2ccc(OC)cc2)c2ccsc2n1. The topological polar surface area (TPSA) is 50.3 Å². The Morgan fingerprint density at radius 3 is 2.57 bits per heavy atom. The Morgan fingerprint density at radius 1 is 1.14 bits per heavy atom. The van der Waals surface area contributed by atoms with Crippen LogP contribution in [-0.4, -0.2) is 31.2 Å². The summed E-state index contributed by atoms with van der Waals surface area (Å²) >= 11 is 1.61. The molecule has 0 saturated heterocycles. The number of hydrogen-bond acceptors (Lipinski definition) is 6. The third-order valence-corrected chi connectivity index (χ3v) is 4.11. The largest absolute Gasteiger partial charge is 0.497 e. The van der Waals surface area contributed by atoms with E-state index in [1.165, 1.54) is 0 Å². The second-order valence-corrected chi connectivity index (χ2v) is 5.41. The maximum Gasteiger partial charge on any atom is 0.225 e. The second kappa shape index (κ2) is 5.57. The Hall–Kier alpha value is -2.34. The molecule has 0 unspecified atom stereocenters. The summed E-state index contributed by atoms with van der Waals surface area (Å²) in [4.78, 5) is 12.1. The first-order valence-corrected chi connectivity index (χ1v) is 7.41. The number of benzene rings is 1.